The second kappa shape index (κ2) is 7.05. The molecule has 0 bridgehead atoms. The molecular weight excluding hydrogens is 238 g/mol. The summed E-state index contributed by atoms with van der Waals surface area (Å²) in [5.74, 6) is 1.38. The predicted molar refractivity (Wildman–Crippen MR) is 80.0 cm³/mol. The van der Waals surface area contributed by atoms with Crippen LogP contribution in [-0.2, 0) is 4.74 Å². The molecule has 3 heteroatoms. The molecule has 1 rings (SSSR count). The summed E-state index contributed by atoms with van der Waals surface area (Å²) in [5, 5.41) is 9.55. The second-order valence-electron chi connectivity index (χ2n) is 7.33. The second-order valence-corrected chi connectivity index (χ2v) is 7.33. The van der Waals surface area contributed by atoms with Gasteiger partial charge in [-0.1, -0.05) is 20.8 Å². The standard InChI is InChI=1S/C16H33NO2/c1-11(18)12(2)19-15(10-17)13-6-8-14(9-7-13)16(3,4)5/h11-15,18H,6-10,17H2,1-5H3. The quantitative estimate of drug-likeness (QED) is 0.808. The van der Waals surface area contributed by atoms with Crippen molar-refractivity contribution in [1.29, 1.82) is 0 Å². The van der Waals surface area contributed by atoms with Crippen molar-refractivity contribution < 1.29 is 9.84 Å². The molecule has 0 saturated heterocycles. The highest BCUT2D eigenvalue weighted by atomic mass is 16.5. The maximum absolute atomic E-state index is 9.55. The van der Waals surface area contributed by atoms with Crippen LogP contribution in [0.15, 0.2) is 0 Å². The molecule has 1 saturated carbocycles. The van der Waals surface area contributed by atoms with Crippen LogP contribution >= 0.6 is 0 Å². The topological polar surface area (TPSA) is 55.5 Å². The Kier molecular flexibility index (Phi) is 6.28. The van der Waals surface area contributed by atoms with Gasteiger partial charge in [0.25, 0.3) is 0 Å². The van der Waals surface area contributed by atoms with Gasteiger partial charge in [0, 0.05) is 6.54 Å². The van der Waals surface area contributed by atoms with Crippen LogP contribution in [0.3, 0.4) is 0 Å². The summed E-state index contributed by atoms with van der Waals surface area (Å²) in [4.78, 5) is 0. The van der Waals surface area contributed by atoms with E-state index >= 15 is 0 Å². The predicted octanol–water partition coefficient (Wildman–Crippen LogP) is 2.95. The van der Waals surface area contributed by atoms with Crippen molar-refractivity contribution in [2.75, 3.05) is 6.54 Å². The van der Waals surface area contributed by atoms with Crippen LogP contribution in [0.1, 0.15) is 60.3 Å². The van der Waals surface area contributed by atoms with E-state index in [2.05, 4.69) is 20.8 Å². The molecule has 0 aromatic carbocycles. The minimum Gasteiger partial charge on any atom is -0.391 e. The number of nitrogens with two attached hydrogens (primary N) is 1. The van der Waals surface area contributed by atoms with Gasteiger partial charge >= 0.3 is 0 Å². The van der Waals surface area contributed by atoms with E-state index in [1.807, 2.05) is 6.92 Å². The molecule has 0 spiro atoms. The molecule has 0 heterocycles. The Hall–Kier alpha value is -0.120. The summed E-state index contributed by atoms with van der Waals surface area (Å²) in [7, 11) is 0. The van der Waals surface area contributed by atoms with Crippen molar-refractivity contribution in [3.8, 4) is 0 Å². The zero-order valence-corrected chi connectivity index (χ0v) is 13.4. The van der Waals surface area contributed by atoms with Crippen molar-refractivity contribution in [2.45, 2.75) is 78.6 Å². The lowest BCUT2D eigenvalue weighted by Gasteiger charge is -2.40. The molecule has 0 radical (unpaired) electrons. The summed E-state index contributed by atoms with van der Waals surface area (Å²) < 4.78 is 5.95. The Balaban J connectivity index is 2.48. The van der Waals surface area contributed by atoms with E-state index in [0.29, 0.717) is 17.9 Å². The van der Waals surface area contributed by atoms with Crippen molar-refractivity contribution in [3.63, 3.8) is 0 Å². The van der Waals surface area contributed by atoms with E-state index in [1.54, 1.807) is 6.92 Å². The first-order chi connectivity index (χ1) is 8.75. The fourth-order valence-corrected chi connectivity index (χ4v) is 3.11. The molecule has 0 aromatic rings. The molecular formula is C16H33NO2. The summed E-state index contributed by atoms with van der Waals surface area (Å²) >= 11 is 0. The van der Waals surface area contributed by atoms with Gasteiger partial charge in [0.2, 0.25) is 0 Å². The Morgan fingerprint density at radius 1 is 1.16 bits per heavy atom. The van der Waals surface area contributed by atoms with Crippen LogP contribution in [0, 0.1) is 17.3 Å². The van der Waals surface area contributed by atoms with E-state index in [1.165, 1.54) is 25.7 Å². The molecule has 1 aliphatic rings. The molecule has 0 aromatic heterocycles. The van der Waals surface area contributed by atoms with E-state index < -0.39 is 6.10 Å². The number of hydrogen-bond donors (Lipinski definition) is 2. The van der Waals surface area contributed by atoms with Gasteiger partial charge in [-0.2, -0.15) is 0 Å². The molecule has 3 nitrogen and oxygen atoms in total. The first kappa shape index (κ1) is 16.9. The lowest BCUT2D eigenvalue weighted by atomic mass is 9.69. The Labute approximate surface area is 118 Å². The molecule has 3 unspecified atom stereocenters. The Morgan fingerprint density at radius 3 is 2.05 bits per heavy atom. The zero-order chi connectivity index (χ0) is 14.6. The minimum absolute atomic E-state index is 0.102. The third-order valence-corrected chi connectivity index (χ3v) is 4.82. The van der Waals surface area contributed by atoms with Crippen LogP contribution in [-0.4, -0.2) is 30.0 Å². The highest BCUT2D eigenvalue weighted by molar-refractivity contribution is 4.84. The Morgan fingerprint density at radius 2 is 1.68 bits per heavy atom. The third-order valence-electron chi connectivity index (χ3n) is 4.82. The number of hydrogen-bond acceptors (Lipinski definition) is 3. The fourth-order valence-electron chi connectivity index (χ4n) is 3.11. The van der Waals surface area contributed by atoms with Gasteiger partial charge in [-0.15, -0.1) is 0 Å². The largest absolute Gasteiger partial charge is 0.391 e. The lowest BCUT2D eigenvalue weighted by Crippen LogP contribution is -2.40. The van der Waals surface area contributed by atoms with Gasteiger partial charge in [-0.05, 0) is 56.8 Å². The smallest absolute Gasteiger partial charge is 0.0807 e. The number of aliphatic hydroxyl groups is 1. The summed E-state index contributed by atoms with van der Waals surface area (Å²) in [6.07, 6.45) is 4.50. The highest BCUT2D eigenvalue weighted by Gasteiger charge is 2.33. The maximum Gasteiger partial charge on any atom is 0.0807 e. The molecule has 3 atom stereocenters. The lowest BCUT2D eigenvalue weighted by molar-refractivity contribution is -0.0869. The minimum atomic E-state index is -0.431. The van der Waals surface area contributed by atoms with Gasteiger partial charge in [0.15, 0.2) is 0 Å². The van der Waals surface area contributed by atoms with E-state index in [4.69, 9.17) is 10.5 Å². The normalized spacial score (nSPS) is 29.8. The van der Waals surface area contributed by atoms with Gasteiger partial charge in [0.1, 0.15) is 0 Å². The van der Waals surface area contributed by atoms with Crippen LogP contribution in [0.25, 0.3) is 0 Å². The summed E-state index contributed by atoms with van der Waals surface area (Å²) in [5.41, 5.74) is 6.28. The summed E-state index contributed by atoms with van der Waals surface area (Å²) in [6, 6.07) is 0. The van der Waals surface area contributed by atoms with Crippen molar-refractivity contribution in [2.24, 2.45) is 23.0 Å². The molecule has 1 aliphatic carbocycles. The van der Waals surface area contributed by atoms with Crippen molar-refractivity contribution >= 4 is 0 Å². The average molecular weight is 271 g/mol. The van der Waals surface area contributed by atoms with Crippen LogP contribution in [0.4, 0.5) is 0 Å². The molecule has 0 aliphatic heterocycles. The van der Waals surface area contributed by atoms with Gasteiger partial charge in [-0.3, -0.25) is 0 Å². The van der Waals surface area contributed by atoms with Gasteiger partial charge in [-0.25, -0.2) is 0 Å². The fraction of sp³-hybridized carbons (Fsp3) is 1.00. The monoisotopic (exact) mass is 271 g/mol. The SMILES string of the molecule is CC(O)C(C)OC(CN)C1CCC(C(C)(C)C)CC1. The van der Waals surface area contributed by atoms with Crippen LogP contribution < -0.4 is 5.73 Å². The van der Waals surface area contributed by atoms with Crippen molar-refractivity contribution in [1.82, 2.24) is 0 Å². The third kappa shape index (κ3) is 5.05. The van der Waals surface area contributed by atoms with E-state index in [9.17, 15) is 5.11 Å². The molecule has 19 heavy (non-hydrogen) atoms. The van der Waals surface area contributed by atoms with Crippen LogP contribution in [0.2, 0.25) is 0 Å². The highest BCUT2D eigenvalue weighted by Crippen LogP contribution is 2.41. The maximum atomic E-state index is 9.55. The molecule has 0 amide bonds. The first-order valence-corrected chi connectivity index (χ1v) is 7.79. The van der Waals surface area contributed by atoms with E-state index in [-0.39, 0.29) is 12.2 Å². The number of ether oxygens (including phenoxy) is 1. The van der Waals surface area contributed by atoms with E-state index in [0.717, 1.165) is 5.92 Å². The Bertz CT molecular complexity index is 252. The van der Waals surface area contributed by atoms with Gasteiger partial charge in [0.05, 0.1) is 18.3 Å². The first-order valence-electron chi connectivity index (χ1n) is 7.79. The van der Waals surface area contributed by atoms with Crippen LogP contribution in [0.5, 0.6) is 0 Å². The number of aliphatic hydroxyl groups excluding tert-OH is 1. The zero-order valence-electron chi connectivity index (χ0n) is 13.4. The van der Waals surface area contributed by atoms with Gasteiger partial charge < -0.3 is 15.6 Å². The molecule has 114 valence electrons. The molecule has 1 fully saturated rings. The number of rotatable bonds is 5. The van der Waals surface area contributed by atoms with Crippen molar-refractivity contribution in [3.05, 3.63) is 0 Å². The summed E-state index contributed by atoms with van der Waals surface area (Å²) in [6.45, 7) is 11.3. The average Bonchev–Trinajstić information content (AvgIpc) is 2.34. The molecule has 3 N–H and O–H groups in total.